The van der Waals surface area contributed by atoms with Crippen LogP contribution in [-0.4, -0.2) is 50.5 Å². The first-order valence-electron chi connectivity index (χ1n) is 8.61. The highest BCUT2D eigenvalue weighted by Gasteiger charge is 2.35. The average molecular weight is 363 g/mol. The summed E-state index contributed by atoms with van der Waals surface area (Å²) in [5.74, 6) is 0.666. The van der Waals surface area contributed by atoms with Crippen LogP contribution in [0.1, 0.15) is 20.3 Å². The molecule has 1 aromatic heterocycles. The minimum absolute atomic E-state index is 0.0634. The van der Waals surface area contributed by atoms with Gasteiger partial charge in [-0.05, 0) is 37.1 Å². The molecule has 1 aliphatic rings. The van der Waals surface area contributed by atoms with Gasteiger partial charge in [0.15, 0.2) is 0 Å². The Labute approximate surface area is 149 Å². The minimum Gasteiger partial charge on any atom is -0.481 e. The van der Waals surface area contributed by atoms with E-state index in [4.69, 9.17) is 4.74 Å². The van der Waals surface area contributed by atoms with E-state index in [1.807, 2.05) is 6.07 Å². The number of sulfonamides is 1. The average Bonchev–Trinajstić information content (AvgIpc) is 2.87. The second kappa shape index (κ2) is 7.27. The maximum Gasteiger partial charge on any atom is 0.243 e. The highest BCUT2D eigenvalue weighted by molar-refractivity contribution is 7.89. The Bertz CT molecular complexity index is 852. The SMILES string of the molecule is COc1nccc2c(S(=O)(=O)N3CCCNC[C@H]3C(C)C)cccc12. The molecule has 1 saturated heterocycles. The van der Waals surface area contributed by atoms with Crippen molar-refractivity contribution < 1.29 is 13.2 Å². The van der Waals surface area contributed by atoms with Gasteiger partial charge in [-0.15, -0.1) is 0 Å². The summed E-state index contributed by atoms with van der Waals surface area (Å²) in [5, 5.41) is 4.71. The second-order valence-electron chi connectivity index (χ2n) is 6.66. The molecule has 0 radical (unpaired) electrons. The van der Waals surface area contributed by atoms with Crippen LogP contribution in [0.2, 0.25) is 0 Å². The number of nitrogens with one attached hydrogen (secondary N) is 1. The van der Waals surface area contributed by atoms with Crippen molar-refractivity contribution in [3.05, 3.63) is 30.5 Å². The van der Waals surface area contributed by atoms with Crippen LogP contribution in [0.4, 0.5) is 0 Å². The fourth-order valence-electron chi connectivity index (χ4n) is 3.41. The molecule has 0 amide bonds. The lowest BCUT2D eigenvalue weighted by Gasteiger charge is -2.32. The molecular formula is C18H25N3O3S. The van der Waals surface area contributed by atoms with Gasteiger partial charge in [0.05, 0.1) is 12.0 Å². The lowest BCUT2D eigenvalue weighted by atomic mass is 10.1. The molecule has 1 N–H and O–H groups in total. The first kappa shape index (κ1) is 18.1. The summed E-state index contributed by atoms with van der Waals surface area (Å²) in [6.07, 6.45) is 2.39. The van der Waals surface area contributed by atoms with Crippen molar-refractivity contribution in [1.29, 1.82) is 0 Å². The Morgan fingerprint density at radius 3 is 2.80 bits per heavy atom. The van der Waals surface area contributed by atoms with Crippen LogP contribution in [0.3, 0.4) is 0 Å². The number of ether oxygens (including phenoxy) is 1. The van der Waals surface area contributed by atoms with Crippen LogP contribution in [-0.2, 0) is 10.0 Å². The predicted molar refractivity (Wildman–Crippen MR) is 98.3 cm³/mol. The standard InChI is InChI=1S/C18H25N3O3S/c1-13(2)16-12-19-9-5-11-21(16)25(22,23)17-7-4-6-15-14(17)8-10-20-18(15)24-3/h4,6-8,10,13,16,19H,5,9,11-12H2,1-3H3/t16-/m0/s1. The fraction of sp³-hybridized carbons (Fsp3) is 0.500. The zero-order chi connectivity index (χ0) is 18.0. The molecular weight excluding hydrogens is 338 g/mol. The Morgan fingerprint density at radius 2 is 2.08 bits per heavy atom. The number of aromatic nitrogens is 1. The van der Waals surface area contributed by atoms with Gasteiger partial charge in [-0.1, -0.05) is 19.9 Å². The maximum atomic E-state index is 13.5. The minimum atomic E-state index is -3.62. The molecule has 7 heteroatoms. The molecule has 6 nitrogen and oxygen atoms in total. The topological polar surface area (TPSA) is 71.5 Å². The van der Waals surface area contributed by atoms with Gasteiger partial charge in [0, 0.05) is 36.1 Å². The Morgan fingerprint density at radius 1 is 1.28 bits per heavy atom. The zero-order valence-corrected chi connectivity index (χ0v) is 15.7. The summed E-state index contributed by atoms with van der Waals surface area (Å²) in [7, 11) is -2.08. The molecule has 3 rings (SSSR count). The number of pyridine rings is 1. The smallest absolute Gasteiger partial charge is 0.243 e. The molecule has 0 aliphatic carbocycles. The summed E-state index contributed by atoms with van der Waals surface area (Å²) in [5.41, 5.74) is 0. The summed E-state index contributed by atoms with van der Waals surface area (Å²) in [6.45, 7) is 6.16. The third-order valence-electron chi connectivity index (χ3n) is 4.73. The van der Waals surface area contributed by atoms with E-state index < -0.39 is 10.0 Å². The fourth-order valence-corrected chi connectivity index (χ4v) is 5.41. The molecule has 2 heterocycles. The van der Waals surface area contributed by atoms with Gasteiger partial charge in [-0.25, -0.2) is 13.4 Å². The van der Waals surface area contributed by atoms with Gasteiger partial charge in [0.25, 0.3) is 0 Å². The third-order valence-corrected chi connectivity index (χ3v) is 6.72. The van der Waals surface area contributed by atoms with Crippen LogP contribution < -0.4 is 10.1 Å². The van der Waals surface area contributed by atoms with Crippen LogP contribution in [0.15, 0.2) is 35.4 Å². The van der Waals surface area contributed by atoms with Crippen molar-refractivity contribution in [2.45, 2.75) is 31.2 Å². The van der Waals surface area contributed by atoms with E-state index in [0.29, 0.717) is 34.6 Å². The van der Waals surface area contributed by atoms with Crippen LogP contribution in [0.5, 0.6) is 5.88 Å². The molecule has 136 valence electrons. The van der Waals surface area contributed by atoms with E-state index in [2.05, 4.69) is 24.1 Å². The maximum absolute atomic E-state index is 13.5. The number of hydrogen-bond donors (Lipinski definition) is 1. The van der Waals surface area contributed by atoms with E-state index in [1.165, 1.54) is 7.11 Å². The lowest BCUT2D eigenvalue weighted by Crippen LogP contribution is -2.46. The van der Waals surface area contributed by atoms with Crippen LogP contribution >= 0.6 is 0 Å². The van der Waals surface area contributed by atoms with Gasteiger partial charge >= 0.3 is 0 Å². The van der Waals surface area contributed by atoms with E-state index >= 15 is 0 Å². The summed E-state index contributed by atoms with van der Waals surface area (Å²) >= 11 is 0. The lowest BCUT2D eigenvalue weighted by molar-refractivity contribution is 0.271. The van der Waals surface area contributed by atoms with Gasteiger partial charge in [0.2, 0.25) is 15.9 Å². The van der Waals surface area contributed by atoms with Crippen molar-refractivity contribution in [1.82, 2.24) is 14.6 Å². The van der Waals surface area contributed by atoms with Gasteiger partial charge in [-0.3, -0.25) is 0 Å². The largest absolute Gasteiger partial charge is 0.481 e. The number of methoxy groups -OCH3 is 1. The van der Waals surface area contributed by atoms with Crippen molar-refractivity contribution in [2.24, 2.45) is 5.92 Å². The van der Waals surface area contributed by atoms with Crippen molar-refractivity contribution in [3.8, 4) is 5.88 Å². The van der Waals surface area contributed by atoms with Crippen molar-refractivity contribution >= 4 is 20.8 Å². The molecule has 1 fully saturated rings. The molecule has 0 unspecified atom stereocenters. The van der Waals surface area contributed by atoms with E-state index in [1.54, 1.807) is 28.7 Å². The molecule has 1 aliphatic heterocycles. The van der Waals surface area contributed by atoms with Crippen LogP contribution in [0.25, 0.3) is 10.8 Å². The summed E-state index contributed by atoms with van der Waals surface area (Å²) < 4.78 is 34.0. The Balaban J connectivity index is 2.15. The first-order valence-corrected chi connectivity index (χ1v) is 10.0. The van der Waals surface area contributed by atoms with Crippen LogP contribution in [0, 0.1) is 5.92 Å². The molecule has 0 saturated carbocycles. The normalized spacial score (nSPS) is 19.9. The van der Waals surface area contributed by atoms with Gasteiger partial charge in [-0.2, -0.15) is 4.31 Å². The second-order valence-corrected chi connectivity index (χ2v) is 8.52. The monoisotopic (exact) mass is 363 g/mol. The molecule has 1 aromatic carbocycles. The highest BCUT2D eigenvalue weighted by atomic mass is 32.2. The number of rotatable bonds is 4. The number of hydrogen-bond acceptors (Lipinski definition) is 5. The third kappa shape index (κ3) is 3.36. The quantitative estimate of drug-likeness (QED) is 0.902. The first-order chi connectivity index (χ1) is 12.0. The van der Waals surface area contributed by atoms with E-state index in [-0.39, 0.29) is 12.0 Å². The number of nitrogens with zero attached hydrogens (tertiary/aromatic N) is 2. The van der Waals surface area contributed by atoms with E-state index in [9.17, 15) is 8.42 Å². The van der Waals surface area contributed by atoms with E-state index in [0.717, 1.165) is 13.0 Å². The number of fused-ring (bicyclic) bond motifs is 1. The summed E-state index contributed by atoms with van der Waals surface area (Å²) in [6, 6.07) is 6.94. The van der Waals surface area contributed by atoms with Crippen molar-refractivity contribution in [3.63, 3.8) is 0 Å². The molecule has 0 spiro atoms. The predicted octanol–water partition coefficient (Wildman–Crippen LogP) is 2.25. The highest BCUT2D eigenvalue weighted by Crippen LogP contribution is 2.32. The molecule has 1 atom stereocenters. The van der Waals surface area contributed by atoms with Gasteiger partial charge < -0.3 is 10.1 Å². The molecule has 2 aromatic rings. The molecule has 0 bridgehead atoms. The zero-order valence-electron chi connectivity index (χ0n) is 14.9. The molecule has 25 heavy (non-hydrogen) atoms. The Kier molecular flexibility index (Phi) is 5.27. The summed E-state index contributed by atoms with van der Waals surface area (Å²) in [4.78, 5) is 4.50. The van der Waals surface area contributed by atoms with Crippen molar-refractivity contribution in [2.75, 3.05) is 26.7 Å². The number of benzene rings is 1. The Hall–Kier alpha value is -1.70. The van der Waals surface area contributed by atoms with Gasteiger partial charge in [0.1, 0.15) is 0 Å².